The molecule has 4 nitrogen and oxygen atoms in total. The monoisotopic (exact) mass is 219 g/mol. The van der Waals surface area contributed by atoms with E-state index in [4.69, 9.17) is 0 Å². The molecule has 1 aromatic rings. The van der Waals surface area contributed by atoms with Gasteiger partial charge in [-0.25, -0.2) is 0 Å². The van der Waals surface area contributed by atoms with Crippen LogP contribution >= 0.6 is 0 Å². The van der Waals surface area contributed by atoms with Crippen LogP contribution in [0.15, 0.2) is 24.3 Å². The molecule has 1 amide bonds. The molecule has 2 aliphatic heterocycles. The lowest BCUT2D eigenvalue weighted by Crippen LogP contribution is -2.51. The average molecular weight is 219 g/mol. The number of aliphatic hydroxyl groups is 2. The minimum Gasteiger partial charge on any atom is -0.385 e. The van der Waals surface area contributed by atoms with Gasteiger partial charge in [-0.05, 0) is 19.4 Å². The molecule has 2 aliphatic rings. The van der Waals surface area contributed by atoms with Crippen LogP contribution in [0.3, 0.4) is 0 Å². The van der Waals surface area contributed by atoms with E-state index < -0.39 is 11.3 Å². The number of nitrogens with zero attached hydrogens (tertiary/aromatic N) is 1. The summed E-state index contributed by atoms with van der Waals surface area (Å²) in [7, 11) is 0. The molecular weight excluding hydrogens is 206 g/mol. The summed E-state index contributed by atoms with van der Waals surface area (Å²) in [4.78, 5) is 13.4. The maximum atomic E-state index is 12.0. The number of amides is 1. The number of rotatable bonds is 0. The van der Waals surface area contributed by atoms with Crippen molar-refractivity contribution in [2.45, 2.75) is 24.7 Å². The van der Waals surface area contributed by atoms with Gasteiger partial charge >= 0.3 is 0 Å². The third-order valence-electron chi connectivity index (χ3n) is 3.74. The molecular formula is C12H13NO3. The first-order chi connectivity index (χ1) is 7.48. The van der Waals surface area contributed by atoms with Gasteiger partial charge in [0.2, 0.25) is 0 Å². The zero-order valence-corrected chi connectivity index (χ0v) is 8.97. The van der Waals surface area contributed by atoms with Crippen LogP contribution in [0.2, 0.25) is 0 Å². The van der Waals surface area contributed by atoms with Gasteiger partial charge in [-0.15, -0.1) is 0 Å². The fourth-order valence-electron chi connectivity index (χ4n) is 2.76. The number of hydrogen-bond acceptors (Lipinski definition) is 3. The Morgan fingerprint density at radius 3 is 2.75 bits per heavy atom. The molecule has 0 bridgehead atoms. The molecule has 0 aliphatic carbocycles. The molecule has 2 atom stereocenters. The molecule has 4 heteroatoms. The van der Waals surface area contributed by atoms with Gasteiger partial charge in [0.15, 0.2) is 5.72 Å². The minimum absolute atomic E-state index is 0.198. The van der Waals surface area contributed by atoms with Gasteiger partial charge in [0.25, 0.3) is 5.91 Å². The fourth-order valence-corrected chi connectivity index (χ4v) is 2.76. The van der Waals surface area contributed by atoms with Gasteiger partial charge in [0.05, 0.1) is 0 Å². The van der Waals surface area contributed by atoms with Crippen molar-refractivity contribution in [1.82, 2.24) is 4.90 Å². The van der Waals surface area contributed by atoms with Crippen LogP contribution in [-0.4, -0.2) is 33.2 Å². The van der Waals surface area contributed by atoms with Crippen molar-refractivity contribution in [3.05, 3.63) is 35.4 Å². The fraction of sp³-hybridized carbons (Fsp3) is 0.417. The second-order valence-electron chi connectivity index (χ2n) is 4.70. The molecule has 0 saturated carbocycles. The summed E-state index contributed by atoms with van der Waals surface area (Å²) in [5, 5.41) is 20.9. The van der Waals surface area contributed by atoms with E-state index in [1.54, 1.807) is 31.2 Å². The van der Waals surface area contributed by atoms with Crippen molar-refractivity contribution in [3.8, 4) is 0 Å². The highest BCUT2D eigenvalue weighted by atomic mass is 16.4. The molecule has 1 fully saturated rings. The lowest BCUT2D eigenvalue weighted by Gasteiger charge is -2.36. The molecule has 0 aromatic heterocycles. The SMILES string of the molecule is C[C@]1(O)CCN2C(=O)c3ccccc3[C@@]21O. The normalized spacial score (nSPS) is 36.4. The number of hydrogen-bond donors (Lipinski definition) is 2. The van der Waals surface area contributed by atoms with Crippen LogP contribution in [0.5, 0.6) is 0 Å². The summed E-state index contributed by atoms with van der Waals surface area (Å²) in [6, 6.07) is 6.91. The Labute approximate surface area is 93.1 Å². The summed E-state index contributed by atoms with van der Waals surface area (Å²) >= 11 is 0. The van der Waals surface area contributed by atoms with Crippen LogP contribution in [0.4, 0.5) is 0 Å². The van der Waals surface area contributed by atoms with Gasteiger partial charge in [0, 0.05) is 17.7 Å². The highest BCUT2D eigenvalue weighted by Crippen LogP contribution is 2.49. The molecule has 3 rings (SSSR count). The molecule has 16 heavy (non-hydrogen) atoms. The van der Waals surface area contributed by atoms with Gasteiger partial charge < -0.3 is 15.1 Å². The Hall–Kier alpha value is -1.39. The number of carbonyl (C=O) groups excluding carboxylic acids is 1. The summed E-state index contributed by atoms with van der Waals surface area (Å²) in [5.74, 6) is -0.198. The van der Waals surface area contributed by atoms with Gasteiger partial charge in [-0.3, -0.25) is 4.79 Å². The highest BCUT2D eigenvalue weighted by molar-refractivity contribution is 6.00. The average Bonchev–Trinajstić information content (AvgIpc) is 2.63. The lowest BCUT2D eigenvalue weighted by molar-refractivity contribution is -0.175. The molecule has 0 radical (unpaired) electrons. The minimum atomic E-state index is -1.55. The zero-order valence-electron chi connectivity index (χ0n) is 8.97. The quantitative estimate of drug-likeness (QED) is 0.665. The van der Waals surface area contributed by atoms with Crippen molar-refractivity contribution in [2.24, 2.45) is 0 Å². The van der Waals surface area contributed by atoms with E-state index in [-0.39, 0.29) is 5.91 Å². The lowest BCUT2D eigenvalue weighted by atomic mass is 9.87. The van der Waals surface area contributed by atoms with Crippen LogP contribution in [0, 0.1) is 0 Å². The highest BCUT2D eigenvalue weighted by Gasteiger charge is 2.62. The third kappa shape index (κ3) is 0.854. The molecule has 0 spiro atoms. The second kappa shape index (κ2) is 2.64. The van der Waals surface area contributed by atoms with Crippen LogP contribution in [-0.2, 0) is 5.72 Å². The molecule has 2 N–H and O–H groups in total. The molecule has 1 saturated heterocycles. The first-order valence-corrected chi connectivity index (χ1v) is 5.35. The van der Waals surface area contributed by atoms with Crippen molar-refractivity contribution in [2.75, 3.05) is 6.54 Å². The molecule has 1 aromatic carbocycles. The van der Waals surface area contributed by atoms with Gasteiger partial charge in [-0.2, -0.15) is 0 Å². The largest absolute Gasteiger partial charge is 0.385 e. The van der Waals surface area contributed by atoms with Crippen molar-refractivity contribution in [3.63, 3.8) is 0 Å². The second-order valence-corrected chi connectivity index (χ2v) is 4.70. The predicted molar refractivity (Wildman–Crippen MR) is 56.6 cm³/mol. The summed E-state index contributed by atoms with van der Waals surface area (Å²) in [6.45, 7) is 1.96. The van der Waals surface area contributed by atoms with E-state index >= 15 is 0 Å². The van der Waals surface area contributed by atoms with Crippen LogP contribution in [0.1, 0.15) is 29.3 Å². The smallest absolute Gasteiger partial charge is 0.256 e. The van der Waals surface area contributed by atoms with Crippen LogP contribution < -0.4 is 0 Å². The van der Waals surface area contributed by atoms with Crippen LogP contribution in [0.25, 0.3) is 0 Å². The Morgan fingerprint density at radius 2 is 2.00 bits per heavy atom. The molecule has 84 valence electrons. The topological polar surface area (TPSA) is 60.8 Å². The molecule has 2 heterocycles. The Balaban J connectivity index is 2.29. The van der Waals surface area contributed by atoms with E-state index in [1.165, 1.54) is 4.90 Å². The van der Waals surface area contributed by atoms with E-state index in [9.17, 15) is 15.0 Å². The van der Waals surface area contributed by atoms with E-state index in [1.807, 2.05) is 0 Å². The summed E-state index contributed by atoms with van der Waals surface area (Å²) in [5.41, 5.74) is -1.83. The third-order valence-corrected chi connectivity index (χ3v) is 3.74. The van der Waals surface area contributed by atoms with Gasteiger partial charge in [0.1, 0.15) is 5.60 Å². The van der Waals surface area contributed by atoms with Crippen molar-refractivity contribution < 1.29 is 15.0 Å². The maximum absolute atomic E-state index is 12.0. The number of benzene rings is 1. The maximum Gasteiger partial charge on any atom is 0.256 e. The standard InChI is InChI=1S/C12H13NO3/c1-11(15)6-7-13-10(14)8-4-2-3-5-9(8)12(11,13)16/h2-5,15-16H,6-7H2,1H3/t11-,12-/m0/s1. The predicted octanol–water partition coefficient (Wildman–Crippen LogP) is 0.442. The van der Waals surface area contributed by atoms with Gasteiger partial charge in [-0.1, -0.05) is 18.2 Å². The summed E-state index contributed by atoms with van der Waals surface area (Å²) in [6.07, 6.45) is 0.392. The summed E-state index contributed by atoms with van der Waals surface area (Å²) < 4.78 is 0. The Bertz CT molecular complexity index is 483. The number of fused-ring (bicyclic) bond motifs is 3. The molecule has 0 unspecified atom stereocenters. The van der Waals surface area contributed by atoms with Crippen molar-refractivity contribution >= 4 is 5.91 Å². The van der Waals surface area contributed by atoms with E-state index in [0.717, 1.165) is 0 Å². The first-order valence-electron chi connectivity index (χ1n) is 5.35. The zero-order chi connectivity index (χ0) is 11.6. The van der Waals surface area contributed by atoms with E-state index in [2.05, 4.69) is 0 Å². The van der Waals surface area contributed by atoms with E-state index in [0.29, 0.717) is 24.1 Å². The Morgan fingerprint density at radius 1 is 1.31 bits per heavy atom. The number of carbonyl (C=O) groups is 1. The Kier molecular flexibility index (Phi) is 1.62. The first kappa shape index (κ1) is 9.81. The van der Waals surface area contributed by atoms with Crippen molar-refractivity contribution in [1.29, 1.82) is 0 Å².